The Balaban J connectivity index is 1.74. The third kappa shape index (κ3) is 5.35. The molecule has 1 heterocycles. The van der Waals surface area contributed by atoms with Crippen molar-refractivity contribution < 1.29 is 23.5 Å². The minimum atomic E-state index is -0.386. The molecule has 1 fully saturated rings. The summed E-state index contributed by atoms with van der Waals surface area (Å²) < 4.78 is 24.3. The van der Waals surface area contributed by atoms with E-state index in [9.17, 15) is 14.0 Å². The zero-order valence-corrected chi connectivity index (χ0v) is 18.3. The number of hydrogen-bond acceptors (Lipinski definition) is 5. The largest absolute Gasteiger partial charge is 0.486 e. The van der Waals surface area contributed by atoms with Crippen molar-refractivity contribution in [2.24, 2.45) is 0 Å². The van der Waals surface area contributed by atoms with E-state index in [1.165, 1.54) is 11.0 Å². The van der Waals surface area contributed by atoms with Crippen molar-refractivity contribution in [1.29, 1.82) is 0 Å². The van der Waals surface area contributed by atoms with Crippen molar-refractivity contribution in [1.82, 2.24) is 4.90 Å². The predicted octanol–water partition coefficient (Wildman–Crippen LogP) is 5.78. The van der Waals surface area contributed by atoms with Crippen LogP contribution in [-0.4, -0.2) is 36.3 Å². The maximum Gasteiger partial charge on any atom is 0.293 e. The molecule has 158 valence electrons. The van der Waals surface area contributed by atoms with E-state index in [4.69, 9.17) is 32.7 Å². The zero-order chi connectivity index (χ0) is 21.7. The number of thioether (sulfide) groups is 1. The SMILES string of the molecule is COCCCN1C(=O)S/C(=C/c2cc(Cl)c(OCc3ccccc3F)c(Cl)c2)C1=O. The summed E-state index contributed by atoms with van der Waals surface area (Å²) >= 11 is 13.4. The van der Waals surface area contributed by atoms with Crippen molar-refractivity contribution in [3.05, 3.63) is 68.3 Å². The van der Waals surface area contributed by atoms with Crippen LogP contribution in [0.4, 0.5) is 9.18 Å². The first-order valence-corrected chi connectivity index (χ1v) is 10.6. The van der Waals surface area contributed by atoms with Crippen molar-refractivity contribution >= 4 is 52.2 Å². The number of nitrogens with zero attached hydrogens (tertiary/aromatic N) is 1. The molecule has 0 bridgehead atoms. The molecule has 0 atom stereocenters. The van der Waals surface area contributed by atoms with E-state index in [1.54, 1.807) is 43.5 Å². The van der Waals surface area contributed by atoms with Gasteiger partial charge in [0.15, 0.2) is 5.75 Å². The fraction of sp³-hybridized carbons (Fsp3) is 0.238. The lowest BCUT2D eigenvalue weighted by atomic mass is 10.2. The lowest BCUT2D eigenvalue weighted by Gasteiger charge is -2.12. The summed E-state index contributed by atoms with van der Waals surface area (Å²) in [6, 6.07) is 9.39. The average molecular weight is 470 g/mol. The third-order valence-electron chi connectivity index (χ3n) is 4.25. The van der Waals surface area contributed by atoms with Gasteiger partial charge in [-0.2, -0.15) is 0 Å². The molecule has 2 aromatic rings. The molecule has 0 N–H and O–H groups in total. The number of hydrogen-bond donors (Lipinski definition) is 0. The number of amides is 2. The molecule has 30 heavy (non-hydrogen) atoms. The van der Waals surface area contributed by atoms with Crippen molar-refractivity contribution in [2.75, 3.05) is 20.3 Å². The highest BCUT2D eigenvalue weighted by Gasteiger charge is 2.34. The molecule has 9 heteroatoms. The van der Waals surface area contributed by atoms with Gasteiger partial charge in [-0.05, 0) is 48.0 Å². The fourth-order valence-electron chi connectivity index (χ4n) is 2.78. The minimum absolute atomic E-state index is 0.0359. The second kappa shape index (κ2) is 10.3. The van der Waals surface area contributed by atoms with Gasteiger partial charge in [0.05, 0.1) is 15.0 Å². The number of carbonyl (C=O) groups excluding carboxylic acids is 2. The average Bonchev–Trinajstić information content (AvgIpc) is 2.96. The molecule has 2 amide bonds. The van der Waals surface area contributed by atoms with E-state index in [1.807, 2.05) is 0 Å². The van der Waals surface area contributed by atoms with Crippen LogP contribution in [0, 0.1) is 5.82 Å². The van der Waals surface area contributed by atoms with Gasteiger partial charge < -0.3 is 9.47 Å². The normalized spacial score (nSPS) is 15.3. The molecule has 0 radical (unpaired) electrons. The first kappa shape index (κ1) is 22.6. The Morgan fingerprint density at radius 2 is 1.87 bits per heavy atom. The summed E-state index contributed by atoms with van der Waals surface area (Å²) in [5.41, 5.74) is 0.918. The highest BCUT2D eigenvalue weighted by Crippen LogP contribution is 2.37. The van der Waals surface area contributed by atoms with Gasteiger partial charge in [-0.3, -0.25) is 14.5 Å². The Kier molecular flexibility index (Phi) is 7.77. The van der Waals surface area contributed by atoms with Crippen LogP contribution in [0.2, 0.25) is 10.0 Å². The molecule has 0 saturated carbocycles. The minimum Gasteiger partial charge on any atom is -0.486 e. The lowest BCUT2D eigenvalue weighted by Crippen LogP contribution is -2.29. The topological polar surface area (TPSA) is 55.8 Å². The van der Waals surface area contributed by atoms with Crippen LogP contribution in [0.3, 0.4) is 0 Å². The Hall–Kier alpha value is -2.06. The van der Waals surface area contributed by atoms with Crippen molar-refractivity contribution in [3.8, 4) is 5.75 Å². The maximum atomic E-state index is 13.8. The van der Waals surface area contributed by atoms with Gasteiger partial charge in [-0.25, -0.2) is 4.39 Å². The standard InChI is InChI=1S/C21H18Cl2FNO4S/c1-28-8-4-7-25-20(26)18(30-21(25)27)11-13-9-15(22)19(16(23)10-13)29-12-14-5-2-3-6-17(14)24/h2-3,5-6,9-11H,4,7-8,12H2,1H3/b18-11+. The van der Waals surface area contributed by atoms with Gasteiger partial charge in [-0.15, -0.1) is 0 Å². The Morgan fingerprint density at radius 1 is 1.17 bits per heavy atom. The number of ether oxygens (including phenoxy) is 2. The van der Waals surface area contributed by atoms with Gasteiger partial charge in [0.25, 0.3) is 11.1 Å². The van der Waals surface area contributed by atoms with Crippen LogP contribution in [0.5, 0.6) is 5.75 Å². The monoisotopic (exact) mass is 469 g/mol. The molecule has 1 aliphatic rings. The third-order valence-corrected chi connectivity index (χ3v) is 5.72. The van der Waals surface area contributed by atoms with E-state index in [2.05, 4.69) is 0 Å². The van der Waals surface area contributed by atoms with Crippen LogP contribution in [-0.2, 0) is 16.1 Å². The van der Waals surface area contributed by atoms with E-state index >= 15 is 0 Å². The number of halogens is 3. The summed E-state index contributed by atoms with van der Waals surface area (Å²) in [5.74, 6) is -0.540. The smallest absolute Gasteiger partial charge is 0.293 e. The van der Waals surface area contributed by atoms with Crippen LogP contribution in [0.1, 0.15) is 17.5 Å². The first-order valence-electron chi connectivity index (χ1n) is 9.00. The Bertz CT molecular complexity index is 976. The second-order valence-electron chi connectivity index (χ2n) is 6.37. The summed E-state index contributed by atoms with van der Waals surface area (Å²) in [6.45, 7) is 0.715. The highest BCUT2D eigenvalue weighted by atomic mass is 35.5. The maximum absolute atomic E-state index is 13.8. The number of carbonyl (C=O) groups is 2. The van der Waals surface area contributed by atoms with E-state index in [-0.39, 0.29) is 44.3 Å². The van der Waals surface area contributed by atoms with E-state index < -0.39 is 0 Å². The summed E-state index contributed by atoms with van der Waals surface area (Å²) in [4.78, 5) is 26.1. The lowest BCUT2D eigenvalue weighted by molar-refractivity contribution is -0.122. The Morgan fingerprint density at radius 3 is 2.53 bits per heavy atom. The molecule has 0 unspecified atom stereocenters. The van der Waals surface area contributed by atoms with E-state index in [0.717, 1.165) is 11.8 Å². The molecule has 1 aliphatic heterocycles. The number of methoxy groups -OCH3 is 1. The second-order valence-corrected chi connectivity index (χ2v) is 8.18. The summed E-state index contributed by atoms with van der Waals surface area (Å²) in [5, 5.41) is 0.0956. The van der Waals surface area contributed by atoms with Crippen molar-refractivity contribution in [3.63, 3.8) is 0 Å². The van der Waals surface area contributed by atoms with Gasteiger partial charge in [0, 0.05) is 25.8 Å². The van der Waals surface area contributed by atoms with Crippen LogP contribution >= 0.6 is 35.0 Å². The van der Waals surface area contributed by atoms with Gasteiger partial charge in [0.2, 0.25) is 0 Å². The number of rotatable bonds is 8. The number of benzene rings is 2. The van der Waals surface area contributed by atoms with Crippen LogP contribution < -0.4 is 4.74 Å². The highest BCUT2D eigenvalue weighted by molar-refractivity contribution is 8.18. The molecule has 0 spiro atoms. The first-order chi connectivity index (χ1) is 14.4. The van der Waals surface area contributed by atoms with Gasteiger partial charge in [-0.1, -0.05) is 41.4 Å². The molecular formula is C21H18Cl2FNO4S. The molecule has 0 aliphatic carbocycles. The molecule has 0 aromatic heterocycles. The molecular weight excluding hydrogens is 452 g/mol. The van der Waals surface area contributed by atoms with Gasteiger partial charge in [0.1, 0.15) is 12.4 Å². The van der Waals surface area contributed by atoms with Gasteiger partial charge >= 0.3 is 0 Å². The van der Waals surface area contributed by atoms with Crippen LogP contribution in [0.15, 0.2) is 41.3 Å². The quantitative estimate of drug-likeness (QED) is 0.362. The fourth-order valence-corrected chi connectivity index (χ4v) is 4.26. The molecule has 5 nitrogen and oxygen atoms in total. The molecule has 2 aromatic carbocycles. The number of imide groups is 1. The Labute approximate surface area is 187 Å². The van der Waals surface area contributed by atoms with E-state index in [0.29, 0.717) is 30.7 Å². The summed E-state index contributed by atoms with van der Waals surface area (Å²) in [7, 11) is 1.56. The van der Waals surface area contributed by atoms with Crippen LogP contribution in [0.25, 0.3) is 6.08 Å². The molecule has 3 rings (SSSR count). The zero-order valence-electron chi connectivity index (χ0n) is 16.0. The molecule has 1 saturated heterocycles. The van der Waals surface area contributed by atoms with Crippen molar-refractivity contribution in [2.45, 2.75) is 13.0 Å². The summed E-state index contributed by atoms with van der Waals surface area (Å²) in [6.07, 6.45) is 2.12. The predicted molar refractivity (Wildman–Crippen MR) is 116 cm³/mol.